The number of halogens is 1. The van der Waals surface area contributed by atoms with Gasteiger partial charge in [0.2, 0.25) is 5.91 Å². The van der Waals surface area contributed by atoms with Gasteiger partial charge in [-0.1, -0.05) is 30.3 Å². The Morgan fingerprint density at radius 2 is 2.06 bits per heavy atom. The highest BCUT2D eigenvalue weighted by atomic mass is 35.5. The molecule has 1 N–H and O–H groups in total. The van der Waals surface area contributed by atoms with Crippen LogP contribution in [0.5, 0.6) is 0 Å². The molecule has 0 radical (unpaired) electrons. The lowest BCUT2D eigenvalue weighted by Crippen LogP contribution is -2.20. The van der Waals surface area contributed by atoms with Gasteiger partial charge in [-0.2, -0.15) is 0 Å². The quantitative estimate of drug-likeness (QED) is 0.872. The summed E-state index contributed by atoms with van der Waals surface area (Å²) in [4.78, 5) is 17.0. The topological polar surface area (TPSA) is 42.0 Å². The summed E-state index contributed by atoms with van der Waals surface area (Å²) in [5.74, 6) is -0.231. The fraction of sp³-hybridized carbons (Fsp3) is 0.231. The van der Waals surface area contributed by atoms with E-state index in [2.05, 4.69) is 10.3 Å². The Balaban J connectivity index is 2.25. The van der Waals surface area contributed by atoms with Gasteiger partial charge in [-0.3, -0.25) is 4.79 Å². The van der Waals surface area contributed by atoms with Crippen molar-refractivity contribution in [2.75, 3.05) is 5.32 Å². The van der Waals surface area contributed by atoms with Crippen molar-refractivity contribution >= 4 is 34.0 Å². The van der Waals surface area contributed by atoms with Crippen LogP contribution in [0.1, 0.15) is 11.8 Å². The van der Waals surface area contributed by atoms with Crippen LogP contribution in [0.4, 0.5) is 5.13 Å². The smallest absolute Gasteiger partial charge is 0.243 e. The van der Waals surface area contributed by atoms with Gasteiger partial charge < -0.3 is 5.32 Å². The van der Waals surface area contributed by atoms with E-state index in [9.17, 15) is 4.79 Å². The summed E-state index contributed by atoms with van der Waals surface area (Å²) in [5.41, 5.74) is 1.95. The molecule has 0 aliphatic carbocycles. The molecular formula is C13H13ClN2OS. The van der Waals surface area contributed by atoms with Crippen LogP contribution in [0.2, 0.25) is 0 Å². The van der Waals surface area contributed by atoms with Crippen LogP contribution < -0.4 is 5.32 Å². The van der Waals surface area contributed by atoms with Gasteiger partial charge in [0.25, 0.3) is 0 Å². The molecule has 1 heterocycles. The number of hydrogen-bond acceptors (Lipinski definition) is 3. The molecule has 0 aliphatic heterocycles. The first-order valence-electron chi connectivity index (χ1n) is 5.55. The number of anilines is 1. The molecule has 0 saturated carbocycles. The van der Waals surface area contributed by atoms with Gasteiger partial charge in [-0.15, -0.1) is 22.9 Å². The number of aromatic nitrogens is 1. The average molecular weight is 281 g/mol. The summed E-state index contributed by atoms with van der Waals surface area (Å²) in [6, 6.07) is 9.89. The molecular weight excluding hydrogens is 268 g/mol. The Hall–Kier alpha value is -1.39. The second-order valence-electron chi connectivity index (χ2n) is 3.90. The number of hydrogen-bond donors (Lipinski definition) is 1. The standard InChI is InChI=1S/C13H13ClN2OS/c1-8(14)12(17)16-13-15-11(9(2)18-13)10-6-4-3-5-7-10/h3-8H,1-2H3,(H,15,16,17)/t8-/m0/s1. The minimum absolute atomic E-state index is 0.231. The van der Waals surface area contributed by atoms with Crippen LogP contribution >= 0.6 is 22.9 Å². The van der Waals surface area contributed by atoms with Gasteiger partial charge in [0.15, 0.2) is 5.13 Å². The Morgan fingerprint density at radius 1 is 1.39 bits per heavy atom. The molecule has 2 rings (SSSR count). The molecule has 0 spiro atoms. The van der Waals surface area contributed by atoms with Crippen molar-refractivity contribution in [2.24, 2.45) is 0 Å². The largest absolute Gasteiger partial charge is 0.301 e. The number of amides is 1. The van der Waals surface area contributed by atoms with E-state index in [0.717, 1.165) is 16.1 Å². The van der Waals surface area contributed by atoms with E-state index >= 15 is 0 Å². The molecule has 18 heavy (non-hydrogen) atoms. The van der Waals surface area contributed by atoms with Crippen molar-refractivity contribution in [2.45, 2.75) is 19.2 Å². The molecule has 1 amide bonds. The minimum atomic E-state index is -0.561. The number of nitrogens with zero attached hydrogens (tertiary/aromatic N) is 1. The number of nitrogens with one attached hydrogen (secondary N) is 1. The van der Waals surface area contributed by atoms with Crippen LogP contribution in [-0.4, -0.2) is 16.3 Å². The second-order valence-corrected chi connectivity index (χ2v) is 5.75. The number of aryl methyl sites for hydroxylation is 1. The van der Waals surface area contributed by atoms with Gasteiger partial charge in [-0.05, 0) is 13.8 Å². The average Bonchev–Trinajstić information content (AvgIpc) is 2.71. The maximum Gasteiger partial charge on any atom is 0.243 e. The maximum atomic E-state index is 11.5. The first-order valence-corrected chi connectivity index (χ1v) is 6.81. The first kappa shape index (κ1) is 13.1. The predicted octanol–water partition coefficient (Wildman–Crippen LogP) is 3.68. The summed E-state index contributed by atoms with van der Waals surface area (Å²) in [5, 5.41) is 2.74. The zero-order chi connectivity index (χ0) is 13.1. The normalized spacial score (nSPS) is 12.2. The lowest BCUT2D eigenvalue weighted by molar-refractivity contribution is -0.115. The van der Waals surface area contributed by atoms with Gasteiger partial charge >= 0.3 is 0 Å². The van der Waals surface area contributed by atoms with Gasteiger partial charge in [-0.25, -0.2) is 4.98 Å². The third kappa shape index (κ3) is 2.89. The second kappa shape index (κ2) is 5.50. The lowest BCUT2D eigenvalue weighted by atomic mass is 10.1. The van der Waals surface area contributed by atoms with E-state index in [-0.39, 0.29) is 5.91 Å². The predicted molar refractivity (Wildman–Crippen MR) is 76.2 cm³/mol. The van der Waals surface area contributed by atoms with Crippen molar-refractivity contribution in [1.29, 1.82) is 0 Å². The van der Waals surface area contributed by atoms with Gasteiger partial charge in [0, 0.05) is 10.4 Å². The van der Waals surface area contributed by atoms with Gasteiger partial charge in [0.05, 0.1) is 5.69 Å². The minimum Gasteiger partial charge on any atom is -0.301 e. The van der Waals surface area contributed by atoms with Crippen LogP contribution in [0.25, 0.3) is 11.3 Å². The number of thiazole rings is 1. The zero-order valence-corrected chi connectivity index (χ0v) is 11.7. The Morgan fingerprint density at radius 3 is 2.67 bits per heavy atom. The van der Waals surface area contributed by atoms with Crippen molar-refractivity contribution < 1.29 is 4.79 Å². The molecule has 0 unspecified atom stereocenters. The van der Waals surface area contributed by atoms with Crippen LogP contribution in [-0.2, 0) is 4.79 Å². The highest BCUT2D eigenvalue weighted by Gasteiger charge is 2.14. The first-order chi connectivity index (χ1) is 8.58. The molecule has 0 aliphatic rings. The summed E-state index contributed by atoms with van der Waals surface area (Å²) < 4.78 is 0. The molecule has 5 heteroatoms. The molecule has 1 atom stereocenters. The summed E-state index contributed by atoms with van der Waals surface area (Å²) in [7, 11) is 0. The molecule has 94 valence electrons. The highest BCUT2D eigenvalue weighted by Crippen LogP contribution is 2.30. The van der Waals surface area contributed by atoms with Crippen LogP contribution in [0, 0.1) is 6.92 Å². The number of carbonyl (C=O) groups excluding carboxylic acids is 1. The SMILES string of the molecule is Cc1sc(NC(=O)[C@H](C)Cl)nc1-c1ccccc1. The molecule has 0 bridgehead atoms. The van der Waals surface area contributed by atoms with Crippen LogP contribution in [0.3, 0.4) is 0 Å². The molecule has 1 aromatic heterocycles. The third-order valence-electron chi connectivity index (χ3n) is 2.44. The van der Waals surface area contributed by atoms with E-state index in [1.807, 2.05) is 37.3 Å². The van der Waals surface area contributed by atoms with Crippen molar-refractivity contribution in [3.63, 3.8) is 0 Å². The number of carbonyl (C=O) groups is 1. The van der Waals surface area contributed by atoms with Crippen molar-refractivity contribution in [3.05, 3.63) is 35.2 Å². The highest BCUT2D eigenvalue weighted by molar-refractivity contribution is 7.16. The van der Waals surface area contributed by atoms with Crippen molar-refractivity contribution in [1.82, 2.24) is 4.98 Å². The molecule has 0 saturated heterocycles. The Labute approximate surface area is 115 Å². The van der Waals surface area contributed by atoms with Gasteiger partial charge in [0.1, 0.15) is 5.38 Å². The fourth-order valence-corrected chi connectivity index (χ4v) is 2.41. The molecule has 0 fully saturated rings. The third-order valence-corrected chi connectivity index (χ3v) is 3.52. The Bertz CT molecular complexity index is 551. The van der Waals surface area contributed by atoms with E-state index in [1.54, 1.807) is 6.92 Å². The zero-order valence-electron chi connectivity index (χ0n) is 10.1. The molecule has 1 aromatic carbocycles. The number of alkyl halides is 1. The summed E-state index contributed by atoms with van der Waals surface area (Å²) in [6.07, 6.45) is 0. The Kier molecular flexibility index (Phi) is 3.99. The van der Waals surface area contributed by atoms with E-state index < -0.39 is 5.38 Å². The summed E-state index contributed by atoms with van der Waals surface area (Å²) in [6.45, 7) is 3.62. The number of benzene rings is 1. The molecule has 2 aromatic rings. The summed E-state index contributed by atoms with van der Waals surface area (Å²) >= 11 is 7.16. The monoisotopic (exact) mass is 280 g/mol. The van der Waals surface area contributed by atoms with Crippen molar-refractivity contribution in [3.8, 4) is 11.3 Å². The lowest BCUT2D eigenvalue weighted by Gasteiger charge is -2.01. The number of rotatable bonds is 3. The van der Waals surface area contributed by atoms with Crippen LogP contribution in [0.15, 0.2) is 30.3 Å². The van der Waals surface area contributed by atoms with E-state index in [4.69, 9.17) is 11.6 Å². The van der Waals surface area contributed by atoms with E-state index in [0.29, 0.717) is 5.13 Å². The fourth-order valence-electron chi connectivity index (χ4n) is 1.52. The molecule has 3 nitrogen and oxygen atoms in total. The van der Waals surface area contributed by atoms with E-state index in [1.165, 1.54) is 11.3 Å². The maximum absolute atomic E-state index is 11.5.